The van der Waals surface area contributed by atoms with Gasteiger partial charge in [-0.25, -0.2) is 0 Å². The Balaban J connectivity index is 1.43. The molecule has 4 aromatic rings. The van der Waals surface area contributed by atoms with Crippen LogP contribution in [0.3, 0.4) is 0 Å². The van der Waals surface area contributed by atoms with Gasteiger partial charge in [-0.2, -0.15) is 13.2 Å². The number of piperazine rings is 1. The van der Waals surface area contributed by atoms with Gasteiger partial charge in [0.15, 0.2) is 0 Å². The van der Waals surface area contributed by atoms with Crippen molar-refractivity contribution in [1.82, 2.24) is 9.80 Å². The molecule has 1 saturated heterocycles. The van der Waals surface area contributed by atoms with Crippen LogP contribution in [0.25, 0.3) is 11.0 Å². The lowest BCUT2D eigenvalue weighted by Crippen LogP contribution is -2.45. The van der Waals surface area contributed by atoms with Crippen molar-refractivity contribution in [1.29, 1.82) is 0 Å². The Bertz CT molecular complexity index is 1500. The molecule has 10 heteroatoms. The first-order chi connectivity index (χ1) is 18.7. The molecule has 7 nitrogen and oxygen atoms in total. The number of phenolic OH excluding ortho intramolecular Hbond substituents is 1. The van der Waals surface area contributed by atoms with E-state index in [1.54, 1.807) is 0 Å². The Labute approximate surface area is 222 Å². The number of phenols is 1. The van der Waals surface area contributed by atoms with Crippen molar-refractivity contribution < 1.29 is 32.2 Å². The number of ether oxygens (including phenoxy) is 2. The Kier molecular flexibility index (Phi) is 7.49. The smallest absolute Gasteiger partial charge is 0.453 e. The Hall–Kier alpha value is -4.02. The maximum Gasteiger partial charge on any atom is 0.453 e. The number of benzene rings is 3. The molecule has 1 N–H and O–H groups in total. The summed E-state index contributed by atoms with van der Waals surface area (Å²) in [4.78, 5) is 17.6. The van der Waals surface area contributed by atoms with E-state index in [2.05, 4.69) is 17.0 Å². The first kappa shape index (κ1) is 26.6. The summed E-state index contributed by atoms with van der Waals surface area (Å²) < 4.78 is 58.0. The predicted octanol–water partition coefficient (Wildman–Crippen LogP) is 5.64. The molecular formula is C29H27F3N2O5. The number of methoxy groups -OCH3 is 1. The van der Waals surface area contributed by atoms with Crippen molar-refractivity contribution in [2.75, 3.05) is 33.3 Å². The third-order valence-electron chi connectivity index (χ3n) is 6.73. The fraction of sp³-hybridized carbons (Fsp3) is 0.276. The van der Waals surface area contributed by atoms with E-state index in [1.807, 2.05) is 23.1 Å². The van der Waals surface area contributed by atoms with Crippen LogP contribution in [-0.2, 0) is 19.3 Å². The first-order valence-electron chi connectivity index (χ1n) is 12.4. The van der Waals surface area contributed by atoms with Gasteiger partial charge >= 0.3 is 6.18 Å². The van der Waals surface area contributed by atoms with Gasteiger partial charge in [0.1, 0.15) is 22.8 Å². The zero-order valence-electron chi connectivity index (χ0n) is 21.2. The van der Waals surface area contributed by atoms with Gasteiger partial charge in [-0.05, 0) is 42.0 Å². The SMILES string of the molecule is COc1ccc(Oc2c(C(F)(F)F)oc3c(CN4CCN(Cc5ccccc5)CC4)c(O)ccc3c2=O)cc1. The second-order valence-electron chi connectivity index (χ2n) is 9.34. The van der Waals surface area contributed by atoms with Crippen LogP contribution in [0.1, 0.15) is 16.9 Å². The summed E-state index contributed by atoms with van der Waals surface area (Å²) in [5.41, 5.74) is 0.0452. The maximum atomic E-state index is 14.1. The number of nitrogens with zero attached hydrogens (tertiary/aromatic N) is 2. The van der Waals surface area contributed by atoms with E-state index in [0.717, 1.165) is 19.6 Å². The Morgan fingerprint density at radius 3 is 2.10 bits per heavy atom. The second kappa shape index (κ2) is 11.0. The summed E-state index contributed by atoms with van der Waals surface area (Å²) in [5, 5.41) is 10.5. The second-order valence-corrected chi connectivity index (χ2v) is 9.34. The zero-order chi connectivity index (χ0) is 27.6. The molecule has 0 unspecified atom stereocenters. The number of fused-ring (bicyclic) bond motifs is 1. The van der Waals surface area contributed by atoms with Gasteiger partial charge in [0.05, 0.1) is 18.1 Å². The highest BCUT2D eigenvalue weighted by molar-refractivity contribution is 5.83. The van der Waals surface area contributed by atoms with Crippen molar-refractivity contribution in [2.24, 2.45) is 0 Å². The van der Waals surface area contributed by atoms with Crippen LogP contribution in [0.2, 0.25) is 0 Å². The lowest BCUT2D eigenvalue weighted by Gasteiger charge is -2.34. The zero-order valence-corrected chi connectivity index (χ0v) is 21.2. The molecule has 0 bridgehead atoms. The molecule has 0 aliphatic carbocycles. The predicted molar refractivity (Wildman–Crippen MR) is 139 cm³/mol. The highest BCUT2D eigenvalue weighted by Gasteiger charge is 2.41. The molecule has 5 rings (SSSR count). The lowest BCUT2D eigenvalue weighted by molar-refractivity contribution is -0.154. The van der Waals surface area contributed by atoms with Crippen LogP contribution in [0, 0.1) is 0 Å². The summed E-state index contributed by atoms with van der Waals surface area (Å²) in [5.74, 6) is -2.28. The average Bonchev–Trinajstić information content (AvgIpc) is 2.93. The van der Waals surface area contributed by atoms with Gasteiger partial charge < -0.3 is 19.0 Å². The number of halogens is 3. The van der Waals surface area contributed by atoms with E-state index >= 15 is 0 Å². The molecule has 2 heterocycles. The number of hydrogen-bond acceptors (Lipinski definition) is 7. The van der Waals surface area contributed by atoms with Crippen molar-refractivity contribution in [2.45, 2.75) is 19.3 Å². The minimum absolute atomic E-state index is 0.0142. The highest BCUT2D eigenvalue weighted by Crippen LogP contribution is 2.40. The van der Waals surface area contributed by atoms with E-state index in [-0.39, 0.29) is 34.6 Å². The van der Waals surface area contributed by atoms with Crippen LogP contribution in [0.5, 0.6) is 23.0 Å². The van der Waals surface area contributed by atoms with Crippen molar-refractivity contribution in [3.05, 3.63) is 93.8 Å². The lowest BCUT2D eigenvalue weighted by atomic mass is 10.1. The molecule has 0 atom stereocenters. The molecule has 39 heavy (non-hydrogen) atoms. The summed E-state index contributed by atoms with van der Waals surface area (Å²) in [6.07, 6.45) is -5.01. The largest absolute Gasteiger partial charge is 0.507 e. The summed E-state index contributed by atoms with van der Waals surface area (Å²) in [6.45, 7) is 3.70. The van der Waals surface area contributed by atoms with E-state index in [0.29, 0.717) is 18.8 Å². The molecule has 0 spiro atoms. The van der Waals surface area contributed by atoms with Crippen molar-refractivity contribution in [3.8, 4) is 23.0 Å². The van der Waals surface area contributed by atoms with Gasteiger partial charge in [0.2, 0.25) is 11.2 Å². The van der Waals surface area contributed by atoms with Crippen LogP contribution < -0.4 is 14.9 Å². The quantitative estimate of drug-likeness (QED) is 0.325. The molecule has 0 saturated carbocycles. The summed E-state index contributed by atoms with van der Waals surface area (Å²) >= 11 is 0. The van der Waals surface area contributed by atoms with Crippen LogP contribution >= 0.6 is 0 Å². The van der Waals surface area contributed by atoms with E-state index < -0.39 is 23.1 Å². The molecule has 3 aromatic carbocycles. The molecule has 0 radical (unpaired) electrons. The molecule has 0 amide bonds. The van der Waals surface area contributed by atoms with Gasteiger partial charge in [-0.3, -0.25) is 14.6 Å². The van der Waals surface area contributed by atoms with Crippen molar-refractivity contribution in [3.63, 3.8) is 0 Å². The minimum Gasteiger partial charge on any atom is -0.507 e. The van der Waals surface area contributed by atoms with E-state index in [1.165, 1.54) is 49.1 Å². The normalized spacial score (nSPS) is 15.0. The molecular weight excluding hydrogens is 513 g/mol. The van der Waals surface area contributed by atoms with Crippen LogP contribution in [0.4, 0.5) is 13.2 Å². The standard InChI is InChI=1S/C29H27F3N2O5/c1-37-20-7-9-21(10-8-20)38-27-25(36)22-11-12-24(35)23(26(22)39-28(27)29(30,31)32)18-34-15-13-33(14-16-34)17-19-5-3-2-4-6-19/h2-12,35H,13-18H2,1H3. The monoisotopic (exact) mass is 540 g/mol. The molecule has 1 aliphatic rings. The summed E-state index contributed by atoms with van der Waals surface area (Å²) in [7, 11) is 1.45. The Morgan fingerprint density at radius 1 is 0.872 bits per heavy atom. The Morgan fingerprint density at radius 2 is 1.49 bits per heavy atom. The number of aromatic hydroxyl groups is 1. The van der Waals surface area contributed by atoms with Gasteiger partial charge in [-0.15, -0.1) is 0 Å². The highest BCUT2D eigenvalue weighted by atomic mass is 19.4. The third-order valence-corrected chi connectivity index (χ3v) is 6.73. The van der Waals surface area contributed by atoms with Gasteiger partial charge in [0.25, 0.3) is 5.76 Å². The number of hydrogen-bond donors (Lipinski definition) is 1. The minimum atomic E-state index is -5.01. The van der Waals surface area contributed by atoms with Crippen LogP contribution in [-0.4, -0.2) is 48.2 Å². The average molecular weight is 541 g/mol. The van der Waals surface area contributed by atoms with E-state index in [9.17, 15) is 23.1 Å². The maximum absolute atomic E-state index is 14.1. The number of alkyl halides is 3. The summed E-state index contributed by atoms with van der Waals surface area (Å²) in [6, 6.07) is 18.4. The molecule has 204 valence electrons. The molecule has 1 aliphatic heterocycles. The first-order valence-corrected chi connectivity index (χ1v) is 12.4. The topological polar surface area (TPSA) is 75.4 Å². The third kappa shape index (κ3) is 5.86. The molecule has 1 fully saturated rings. The molecule has 1 aromatic heterocycles. The fourth-order valence-corrected chi connectivity index (χ4v) is 4.65. The van der Waals surface area contributed by atoms with Gasteiger partial charge in [0, 0.05) is 39.3 Å². The van der Waals surface area contributed by atoms with Crippen molar-refractivity contribution >= 4 is 11.0 Å². The number of rotatable bonds is 7. The fourth-order valence-electron chi connectivity index (χ4n) is 4.65. The van der Waals surface area contributed by atoms with E-state index in [4.69, 9.17) is 13.9 Å². The van der Waals surface area contributed by atoms with Gasteiger partial charge in [-0.1, -0.05) is 30.3 Å². The van der Waals surface area contributed by atoms with Crippen LogP contribution in [0.15, 0.2) is 75.9 Å².